The number of nitrogens with zero attached hydrogens (tertiary/aromatic N) is 3. The van der Waals surface area contributed by atoms with E-state index >= 15 is 0 Å². The van der Waals surface area contributed by atoms with E-state index in [9.17, 15) is 9.18 Å². The molecule has 156 valence electrons. The number of amides is 1. The van der Waals surface area contributed by atoms with E-state index in [-0.39, 0.29) is 11.9 Å². The first-order valence-corrected chi connectivity index (χ1v) is 13.7. The van der Waals surface area contributed by atoms with Crippen LogP contribution in [-0.4, -0.2) is 36.9 Å². The van der Waals surface area contributed by atoms with E-state index in [0.717, 1.165) is 33.4 Å². The average Bonchev–Trinajstić information content (AvgIpc) is 3.14. The number of nitrogens with two attached hydrogens (primary N) is 1. The highest BCUT2D eigenvalue weighted by Crippen LogP contribution is 2.53. The van der Waals surface area contributed by atoms with Crippen LogP contribution < -0.4 is 10.9 Å². The van der Waals surface area contributed by atoms with E-state index in [1.54, 1.807) is 13.1 Å². The van der Waals surface area contributed by atoms with Crippen LogP contribution in [0, 0.1) is 5.95 Å². The quantitative estimate of drug-likeness (QED) is 0.500. The van der Waals surface area contributed by atoms with Crippen LogP contribution in [0.1, 0.15) is 11.1 Å². The lowest BCUT2D eigenvalue weighted by Gasteiger charge is -2.25. The van der Waals surface area contributed by atoms with Gasteiger partial charge < -0.3 is 5.73 Å². The van der Waals surface area contributed by atoms with Crippen molar-refractivity contribution in [1.29, 1.82) is 0 Å². The van der Waals surface area contributed by atoms with Crippen molar-refractivity contribution in [1.82, 2.24) is 9.88 Å². The Morgan fingerprint density at radius 3 is 2.19 bits per heavy atom. The fraction of sp³-hybridized carbons (Fsp3) is 0.208. The molecule has 0 saturated heterocycles. The summed E-state index contributed by atoms with van der Waals surface area (Å²) in [6, 6.07) is 15.4. The van der Waals surface area contributed by atoms with Gasteiger partial charge in [0, 0.05) is 29.9 Å². The number of guanidine groups is 1. The summed E-state index contributed by atoms with van der Waals surface area (Å²) in [7, 11) is 0.0360. The van der Waals surface area contributed by atoms with E-state index < -0.39 is 19.6 Å². The molecule has 2 aromatic carbocycles. The second-order valence-electron chi connectivity index (χ2n) is 9.18. The Kier molecular flexibility index (Phi) is 4.01. The van der Waals surface area contributed by atoms with Gasteiger partial charge in [-0.1, -0.05) is 55.2 Å². The molecule has 7 heteroatoms. The Balaban J connectivity index is 1.79. The summed E-state index contributed by atoms with van der Waals surface area (Å²) in [5, 5.41) is 1.26. The lowest BCUT2D eigenvalue weighted by atomic mass is 9.86. The third kappa shape index (κ3) is 2.69. The Hall–Kier alpha value is -3.32. The number of rotatable bonds is 2. The van der Waals surface area contributed by atoms with Crippen LogP contribution >= 0.6 is 0 Å². The van der Waals surface area contributed by atoms with Gasteiger partial charge in [-0.2, -0.15) is 4.39 Å². The molecule has 2 N–H and O–H groups in total. The number of aliphatic imine (C=N–C) groups is 1. The van der Waals surface area contributed by atoms with E-state index in [4.69, 9.17) is 10.7 Å². The van der Waals surface area contributed by atoms with Crippen molar-refractivity contribution in [2.24, 2.45) is 10.7 Å². The summed E-state index contributed by atoms with van der Waals surface area (Å²) < 4.78 is 13.3. The number of hydrogen-bond donors (Lipinski definition) is 1. The third-order valence-corrected chi connectivity index (χ3v) is 8.32. The van der Waals surface area contributed by atoms with E-state index in [0.29, 0.717) is 0 Å². The molecule has 3 aromatic rings. The van der Waals surface area contributed by atoms with E-state index in [1.165, 1.54) is 22.3 Å². The normalized spacial score (nSPS) is 19.6. The van der Waals surface area contributed by atoms with Gasteiger partial charge in [0.15, 0.2) is 11.5 Å². The first-order chi connectivity index (χ1) is 14.6. The van der Waals surface area contributed by atoms with Crippen LogP contribution in [-0.2, 0) is 10.3 Å². The van der Waals surface area contributed by atoms with Gasteiger partial charge in [0.05, 0.1) is 8.07 Å². The minimum Gasteiger partial charge on any atom is -0.369 e. The Morgan fingerprint density at radius 2 is 1.61 bits per heavy atom. The molecule has 1 amide bonds. The predicted molar refractivity (Wildman–Crippen MR) is 123 cm³/mol. The molecule has 0 bridgehead atoms. The summed E-state index contributed by atoms with van der Waals surface area (Å²) in [4.78, 5) is 23.5. The molecule has 1 spiro atoms. The highest BCUT2D eigenvalue weighted by Gasteiger charge is 2.55. The van der Waals surface area contributed by atoms with Crippen LogP contribution in [0.25, 0.3) is 22.3 Å². The van der Waals surface area contributed by atoms with Crippen LogP contribution in [0.4, 0.5) is 4.39 Å². The van der Waals surface area contributed by atoms with Crippen LogP contribution in [0.5, 0.6) is 0 Å². The van der Waals surface area contributed by atoms with Crippen molar-refractivity contribution in [3.8, 4) is 22.3 Å². The van der Waals surface area contributed by atoms with Gasteiger partial charge >= 0.3 is 0 Å². The second kappa shape index (κ2) is 6.34. The number of pyridine rings is 1. The fourth-order valence-electron chi connectivity index (χ4n) is 4.49. The van der Waals surface area contributed by atoms with Crippen LogP contribution in [0.3, 0.4) is 0 Å². The maximum absolute atomic E-state index is 13.6. The van der Waals surface area contributed by atoms with Gasteiger partial charge in [0.1, 0.15) is 0 Å². The summed E-state index contributed by atoms with van der Waals surface area (Å²) in [6.07, 6.45) is 1.50. The lowest BCUT2D eigenvalue weighted by Crippen LogP contribution is -2.42. The number of likely N-dealkylation sites (N-methyl/N-ethyl adjacent to an activating group) is 1. The molecule has 1 aromatic heterocycles. The standard InChI is InChI=1S/C24H23FN4OSi/c1-29-22(30)24(28-23(29)26)19-11-14(15-6-10-21(25)27-13-15)5-8-17(19)18-9-7-16(12-20(18)24)31(2,3)4/h5-13H,1-4H3,(H2,26,28). The second-order valence-corrected chi connectivity index (χ2v) is 14.3. The number of halogens is 1. The van der Waals surface area contributed by atoms with Crippen molar-refractivity contribution >= 4 is 25.1 Å². The van der Waals surface area contributed by atoms with E-state index in [1.807, 2.05) is 18.2 Å². The van der Waals surface area contributed by atoms with Gasteiger partial charge in [-0.15, -0.1) is 0 Å². The topological polar surface area (TPSA) is 71.6 Å². The molecule has 1 unspecified atom stereocenters. The molecule has 0 fully saturated rings. The SMILES string of the molecule is CN1C(=O)C2(N=C1N)c1cc(-c3ccc(F)nc3)ccc1-c1ccc([Si](C)(C)C)cc12. The summed E-state index contributed by atoms with van der Waals surface area (Å²) in [5.74, 6) is -0.485. The minimum absolute atomic E-state index is 0.160. The van der Waals surface area contributed by atoms with Gasteiger partial charge in [-0.05, 0) is 34.9 Å². The molecular weight excluding hydrogens is 407 g/mol. The Bertz CT molecular complexity index is 1280. The third-order valence-electron chi connectivity index (χ3n) is 6.28. The number of hydrogen-bond acceptors (Lipinski definition) is 4. The van der Waals surface area contributed by atoms with Crippen molar-refractivity contribution in [3.63, 3.8) is 0 Å². The molecule has 2 aliphatic rings. The summed E-state index contributed by atoms with van der Waals surface area (Å²) in [5.41, 5.74) is 10.2. The smallest absolute Gasteiger partial charge is 0.266 e. The average molecular weight is 431 g/mol. The van der Waals surface area contributed by atoms with Crippen molar-refractivity contribution in [2.45, 2.75) is 25.2 Å². The maximum atomic E-state index is 13.6. The van der Waals surface area contributed by atoms with Crippen molar-refractivity contribution in [2.75, 3.05) is 7.05 Å². The zero-order chi connectivity index (χ0) is 22.1. The number of carbonyl (C=O) groups is 1. The molecule has 1 aliphatic carbocycles. The summed E-state index contributed by atoms with van der Waals surface area (Å²) in [6.45, 7) is 6.84. The number of aromatic nitrogens is 1. The largest absolute Gasteiger partial charge is 0.369 e. The molecule has 2 heterocycles. The molecule has 1 atom stereocenters. The molecule has 5 nitrogen and oxygen atoms in total. The van der Waals surface area contributed by atoms with Gasteiger partial charge in [0.2, 0.25) is 5.95 Å². The Morgan fingerprint density at radius 1 is 0.968 bits per heavy atom. The molecule has 31 heavy (non-hydrogen) atoms. The van der Waals surface area contributed by atoms with Crippen molar-refractivity contribution in [3.05, 3.63) is 71.8 Å². The number of carbonyl (C=O) groups excluding carboxylic acids is 1. The molecule has 5 rings (SSSR count). The number of benzene rings is 2. The van der Waals surface area contributed by atoms with Gasteiger partial charge in [-0.3, -0.25) is 9.69 Å². The van der Waals surface area contributed by atoms with Crippen LogP contribution in [0.2, 0.25) is 19.6 Å². The zero-order valence-electron chi connectivity index (χ0n) is 17.9. The predicted octanol–water partition coefficient (Wildman–Crippen LogP) is 3.44. The van der Waals surface area contributed by atoms with Gasteiger partial charge in [0.25, 0.3) is 5.91 Å². The fourth-order valence-corrected chi connectivity index (χ4v) is 5.65. The zero-order valence-corrected chi connectivity index (χ0v) is 18.9. The van der Waals surface area contributed by atoms with Gasteiger partial charge in [-0.25, -0.2) is 9.98 Å². The van der Waals surface area contributed by atoms with E-state index in [2.05, 4.69) is 42.8 Å². The molecular formula is C24H23FN4OSi. The molecule has 0 radical (unpaired) electrons. The highest BCUT2D eigenvalue weighted by molar-refractivity contribution is 6.88. The molecule has 1 aliphatic heterocycles. The summed E-state index contributed by atoms with van der Waals surface area (Å²) >= 11 is 0. The van der Waals surface area contributed by atoms with Crippen molar-refractivity contribution < 1.29 is 9.18 Å². The maximum Gasteiger partial charge on any atom is 0.266 e. The first kappa shape index (κ1) is 19.6. The monoisotopic (exact) mass is 430 g/mol. The molecule has 0 saturated carbocycles. The lowest BCUT2D eigenvalue weighted by molar-refractivity contribution is -0.129. The minimum atomic E-state index is -1.62. The van der Waals surface area contributed by atoms with Crippen LogP contribution in [0.15, 0.2) is 59.7 Å². The first-order valence-electron chi connectivity index (χ1n) is 10.2. The number of fused-ring (bicyclic) bond motifs is 5. The highest BCUT2D eigenvalue weighted by atomic mass is 28.3. The Labute approximate surface area is 181 Å².